The first-order chi connectivity index (χ1) is 14.3. The molecule has 0 aliphatic carbocycles. The second-order valence-corrected chi connectivity index (χ2v) is 7.91. The van der Waals surface area contributed by atoms with E-state index in [1.165, 1.54) is 25.8 Å². The van der Waals surface area contributed by atoms with E-state index in [0.717, 1.165) is 0 Å². The number of hydrogen-bond acceptors (Lipinski definition) is 8. The first-order valence-corrected chi connectivity index (χ1v) is 10.5. The summed E-state index contributed by atoms with van der Waals surface area (Å²) in [4.78, 5) is 43.2. The van der Waals surface area contributed by atoms with Gasteiger partial charge in [-0.1, -0.05) is 24.8 Å². The predicted molar refractivity (Wildman–Crippen MR) is 112 cm³/mol. The fraction of sp³-hybridized carbons (Fsp3) is 0.429. The van der Waals surface area contributed by atoms with Crippen molar-refractivity contribution in [1.82, 2.24) is 4.90 Å². The minimum absolute atomic E-state index is 0.109. The van der Waals surface area contributed by atoms with E-state index in [4.69, 9.17) is 14.2 Å². The molecular weight excluding hydrogens is 408 g/mol. The number of allylic oxidation sites excluding steroid dienone is 1. The van der Waals surface area contributed by atoms with Gasteiger partial charge in [0, 0.05) is 6.92 Å². The largest absolute Gasteiger partial charge is 0.490 e. The molecule has 1 amide bonds. The number of benzene rings is 1. The summed E-state index contributed by atoms with van der Waals surface area (Å²) >= 11 is 1.39. The summed E-state index contributed by atoms with van der Waals surface area (Å²) in [5.41, 5.74) is 1.42. The van der Waals surface area contributed by atoms with E-state index in [0.29, 0.717) is 35.2 Å². The topological polar surface area (TPSA) is 94.5 Å². The molecule has 1 aromatic carbocycles. The number of amidine groups is 1. The van der Waals surface area contributed by atoms with Gasteiger partial charge in [-0.2, -0.15) is 0 Å². The lowest BCUT2D eigenvalue weighted by Gasteiger charge is -2.33. The van der Waals surface area contributed by atoms with Crippen molar-refractivity contribution >= 4 is 34.8 Å². The van der Waals surface area contributed by atoms with Crippen LogP contribution < -0.4 is 9.47 Å². The van der Waals surface area contributed by atoms with Gasteiger partial charge in [-0.05, 0) is 38.0 Å². The summed E-state index contributed by atoms with van der Waals surface area (Å²) < 4.78 is 15.9. The molecule has 1 fully saturated rings. The van der Waals surface area contributed by atoms with Crippen LogP contribution in [0.2, 0.25) is 0 Å². The molecule has 9 heteroatoms. The molecule has 0 radical (unpaired) electrons. The number of amides is 1. The van der Waals surface area contributed by atoms with Gasteiger partial charge in [-0.3, -0.25) is 14.5 Å². The second kappa shape index (κ2) is 8.91. The molecule has 2 heterocycles. The molecule has 2 aliphatic rings. The van der Waals surface area contributed by atoms with Crippen molar-refractivity contribution in [1.29, 1.82) is 0 Å². The van der Waals surface area contributed by atoms with Crippen LogP contribution in [0.5, 0.6) is 11.5 Å². The number of methoxy groups -OCH3 is 1. The van der Waals surface area contributed by atoms with Crippen molar-refractivity contribution in [3.8, 4) is 11.5 Å². The highest BCUT2D eigenvalue weighted by molar-refractivity contribution is 8.15. The van der Waals surface area contributed by atoms with Crippen molar-refractivity contribution in [2.24, 2.45) is 4.99 Å². The smallest absolute Gasteiger partial charge is 0.338 e. The van der Waals surface area contributed by atoms with Gasteiger partial charge < -0.3 is 14.2 Å². The third-order valence-electron chi connectivity index (χ3n) is 4.76. The molecule has 3 rings (SSSR count). The van der Waals surface area contributed by atoms with Crippen LogP contribution in [-0.2, 0) is 19.1 Å². The number of rotatable bonds is 6. The minimum atomic E-state index is -0.716. The number of carbonyl (C=O) groups excluding carboxylic acids is 3. The average Bonchev–Trinajstić information content (AvgIpc) is 3.02. The summed E-state index contributed by atoms with van der Waals surface area (Å²) in [7, 11) is 1.30. The Labute approximate surface area is 179 Å². The Bertz CT molecular complexity index is 955. The normalized spacial score (nSPS) is 20.6. The Balaban J connectivity index is 2.15. The Hall–Kier alpha value is -2.81. The summed E-state index contributed by atoms with van der Waals surface area (Å²) in [6, 6.07) is 4.28. The van der Waals surface area contributed by atoms with Gasteiger partial charge in [-0.15, -0.1) is 0 Å². The number of esters is 2. The molecule has 0 N–H and O–H groups in total. The van der Waals surface area contributed by atoms with Crippen molar-refractivity contribution < 1.29 is 28.6 Å². The Morgan fingerprint density at radius 2 is 1.97 bits per heavy atom. The van der Waals surface area contributed by atoms with Gasteiger partial charge in [0.25, 0.3) is 0 Å². The van der Waals surface area contributed by atoms with Crippen molar-refractivity contribution in [3.63, 3.8) is 0 Å². The second-order valence-electron chi connectivity index (χ2n) is 6.74. The maximum absolute atomic E-state index is 13.1. The molecule has 0 spiro atoms. The number of carbonyl (C=O) groups is 3. The number of thioether (sulfide) groups is 1. The van der Waals surface area contributed by atoms with E-state index in [1.54, 1.807) is 30.0 Å². The van der Waals surface area contributed by atoms with Gasteiger partial charge >= 0.3 is 11.9 Å². The lowest BCUT2D eigenvalue weighted by Crippen LogP contribution is -2.40. The molecule has 8 nitrogen and oxygen atoms in total. The Morgan fingerprint density at radius 1 is 1.23 bits per heavy atom. The van der Waals surface area contributed by atoms with E-state index >= 15 is 0 Å². The molecule has 1 aromatic rings. The molecule has 2 unspecified atom stereocenters. The van der Waals surface area contributed by atoms with E-state index in [9.17, 15) is 14.4 Å². The standard InChI is InChI=1S/C21H24N2O6S/c1-6-16-19(25)23-18(17(20(26)27-5)11(3)22-21(23)30-16)13-8-9-14(29-12(4)24)15(10-13)28-7-2/h8-10,16,18H,6-7H2,1-5H3. The van der Waals surface area contributed by atoms with Crippen LogP contribution in [0.3, 0.4) is 0 Å². The van der Waals surface area contributed by atoms with E-state index in [1.807, 2.05) is 13.8 Å². The quantitative estimate of drug-likeness (QED) is 0.503. The van der Waals surface area contributed by atoms with Gasteiger partial charge in [0.05, 0.1) is 36.3 Å². The molecule has 0 bridgehead atoms. The van der Waals surface area contributed by atoms with Crippen LogP contribution in [-0.4, -0.2) is 46.9 Å². The molecule has 30 heavy (non-hydrogen) atoms. The zero-order valence-corrected chi connectivity index (χ0v) is 18.4. The van der Waals surface area contributed by atoms with Crippen molar-refractivity contribution in [3.05, 3.63) is 35.0 Å². The van der Waals surface area contributed by atoms with E-state index in [-0.39, 0.29) is 22.5 Å². The van der Waals surface area contributed by atoms with Gasteiger partial charge in [0.1, 0.15) is 0 Å². The third kappa shape index (κ3) is 3.94. The zero-order chi connectivity index (χ0) is 22.0. The van der Waals surface area contributed by atoms with E-state index < -0.39 is 18.0 Å². The number of ether oxygens (including phenoxy) is 3. The minimum Gasteiger partial charge on any atom is -0.490 e. The lowest BCUT2D eigenvalue weighted by atomic mass is 9.94. The van der Waals surface area contributed by atoms with Gasteiger partial charge in [0.2, 0.25) is 5.91 Å². The molecule has 2 aliphatic heterocycles. The van der Waals surface area contributed by atoms with Crippen LogP contribution in [0.4, 0.5) is 0 Å². The highest BCUT2D eigenvalue weighted by Crippen LogP contribution is 2.45. The Kier molecular flexibility index (Phi) is 6.50. The summed E-state index contributed by atoms with van der Waals surface area (Å²) in [6.07, 6.45) is 0.647. The maximum Gasteiger partial charge on any atom is 0.338 e. The highest BCUT2D eigenvalue weighted by Gasteiger charge is 2.47. The van der Waals surface area contributed by atoms with Gasteiger partial charge in [-0.25, -0.2) is 9.79 Å². The van der Waals surface area contributed by atoms with Gasteiger partial charge in [0.15, 0.2) is 16.7 Å². The number of hydrogen-bond donors (Lipinski definition) is 0. The third-order valence-corrected chi connectivity index (χ3v) is 6.08. The van der Waals surface area contributed by atoms with Crippen LogP contribution in [0.1, 0.15) is 45.7 Å². The SMILES string of the molecule is CCOc1cc(C2C(C(=O)OC)=C(C)N=C3SC(CC)C(=O)N32)ccc1OC(C)=O. The average molecular weight is 432 g/mol. The summed E-state index contributed by atoms with van der Waals surface area (Å²) in [6.45, 7) is 7.13. The number of nitrogens with zero attached hydrogens (tertiary/aromatic N) is 2. The fourth-order valence-electron chi connectivity index (χ4n) is 3.48. The molecule has 0 aromatic heterocycles. The summed E-state index contributed by atoms with van der Waals surface area (Å²) in [5.74, 6) is -0.518. The van der Waals surface area contributed by atoms with Crippen molar-refractivity contribution in [2.45, 2.75) is 45.4 Å². The summed E-state index contributed by atoms with van der Waals surface area (Å²) in [5, 5.41) is 0.298. The number of fused-ring (bicyclic) bond motifs is 1. The lowest BCUT2D eigenvalue weighted by molar-refractivity contribution is -0.137. The fourth-order valence-corrected chi connectivity index (χ4v) is 4.61. The molecule has 160 valence electrons. The maximum atomic E-state index is 13.1. The van der Waals surface area contributed by atoms with Crippen LogP contribution in [0, 0.1) is 0 Å². The predicted octanol–water partition coefficient (Wildman–Crippen LogP) is 3.22. The number of aliphatic imine (C=N–C) groups is 1. The van der Waals surface area contributed by atoms with Crippen LogP contribution in [0.15, 0.2) is 34.5 Å². The van der Waals surface area contributed by atoms with Crippen molar-refractivity contribution in [2.75, 3.05) is 13.7 Å². The highest BCUT2D eigenvalue weighted by atomic mass is 32.2. The first kappa shape index (κ1) is 21.9. The molecule has 0 saturated carbocycles. The Morgan fingerprint density at radius 3 is 2.57 bits per heavy atom. The van der Waals surface area contributed by atoms with E-state index in [2.05, 4.69) is 4.99 Å². The monoisotopic (exact) mass is 432 g/mol. The molecule has 2 atom stereocenters. The zero-order valence-electron chi connectivity index (χ0n) is 17.6. The molecular formula is C21H24N2O6S. The molecule has 1 saturated heterocycles. The van der Waals surface area contributed by atoms with Crippen LogP contribution >= 0.6 is 11.8 Å². The van der Waals surface area contributed by atoms with Crippen LogP contribution in [0.25, 0.3) is 0 Å². The first-order valence-electron chi connectivity index (χ1n) is 9.64.